The van der Waals surface area contributed by atoms with Gasteiger partial charge >= 0.3 is 0 Å². The van der Waals surface area contributed by atoms with E-state index in [1.807, 2.05) is 6.92 Å². The highest BCUT2D eigenvalue weighted by Crippen LogP contribution is 2.15. The van der Waals surface area contributed by atoms with E-state index in [-0.39, 0.29) is 30.6 Å². The first-order valence-corrected chi connectivity index (χ1v) is 10.6. The minimum atomic E-state index is -3.17. The molecule has 144 valence electrons. The quantitative estimate of drug-likeness (QED) is 0.689. The van der Waals surface area contributed by atoms with Crippen LogP contribution < -0.4 is 10.1 Å². The highest BCUT2D eigenvalue weighted by Gasteiger charge is 2.25. The third-order valence-corrected chi connectivity index (χ3v) is 5.66. The van der Waals surface area contributed by atoms with Gasteiger partial charge in [0.05, 0.1) is 12.9 Å². The molecule has 1 aromatic carbocycles. The summed E-state index contributed by atoms with van der Waals surface area (Å²) < 4.78 is 29.7. The highest BCUT2D eigenvalue weighted by molar-refractivity contribution is 7.88. The zero-order valence-corrected chi connectivity index (χ0v) is 16.0. The topological polar surface area (TPSA) is 92.8 Å². The van der Waals surface area contributed by atoms with Gasteiger partial charge in [0, 0.05) is 37.5 Å². The van der Waals surface area contributed by atoms with E-state index in [1.165, 1.54) is 10.6 Å². The molecule has 1 aromatic rings. The van der Waals surface area contributed by atoms with Crippen molar-refractivity contribution in [1.82, 2.24) is 9.62 Å². The molecule has 26 heavy (non-hydrogen) atoms. The van der Waals surface area contributed by atoms with Crippen LogP contribution in [0.2, 0.25) is 0 Å². The smallest absolute Gasteiger partial charge is 0.220 e. The van der Waals surface area contributed by atoms with Crippen molar-refractivity contribution in [2.24, 2.45) is 0 Å². The summed E-state index contributed by atoms with van der Waals surface area (Å²) in [5, 5.41) is 2.89. The highest BCUT2D eigenvalue weighted by atomic mass is 32.2. The lowest BCUT2D eigenvalue weighted by Crippen LogP contribution is -2.46. The zero-order valence-electron chi connectivity index (χ0n) is 15.2. The van der Waals surface area contributed by atoms with Crippen LogP contribution in [0.4, 0.5) is 0 Å². The lowest BCUT2D eigenvalue weighted by molar-refractivity contribution is -0.122. The van der Waals surface area contributed by atoms with E-state index < -0.39 is 10.0 Å². The van der Waals surface area contributed by atoms with E-state index in [1.54, 1.807) is 24.3 Å². The summed E-state index contributed by atoms with van der Waals surface area (Å²) in [6, 6.07) is 6.85. The van der Waals surface area contributed by atoms with Crippen molar-refractivity contribution in [1.29, 1.82) is 0 Å². The number of nitrogens with zero attached hydrogens (tertiary/aromatic N) is 1. The van der Waals surface area contributed by atoms with Crippen LogP contribution in [-0.2, 0) is 14.8 Å². The van der Waals surface area contributed by atoms with Gasteiger partial charge in [0.1, 0.15) is 5.75 Å². The van der Waals surface area contributed by atoms with Crippen molar-refractivity contribution >= 4 is 21.7 Å². The molecular formula is C18H26N2O5S. The summed E-state index contributed by atoms with van der Waals surface area (Å²) in [5.41, 5.74) is 0.558. The molecule has 0 aromatic heterocycles. The number of nitrogens with one attached hydrogen (secondary N) is 1. The number of rotatable bonds is 8. The van der Waals surface area contributed by atoms with Crippen LogP contribution >= 0.6 is 0 Å². The summed E-state index contributed by atoms with van der Waals surface area (Å²) in [7, 11) is -3.17. The van der Waals surface area contributed by atoms with Crippen LogP contribution in [0.1, 0.15) is 43.0 Å². The fourth-order valence-corrected chi connectivity index (χ4v) is 3.78. The van der Waals surface area contributed by atoms with E-state index in [0.717, 1.165) is 0 Å². The molecule has 1 fully saturated rings. The minimum Gasteiger partial charge on any atom is -0.494 e. The van der Waals surface area contributed by atoms with Gasteiger partial charge in [-0.2, -0.15) is 0 Å². The number of ether oxygens (including phenoxy) is 1. The van der Waals surface area contributed by atoms with E-state index in [4.69, 9.17) is 4.74 Å². The maximum absolute atomic E-state index is 12.2. The SMILES string of the molecule is CCOc1ccc(C(=O)CCC(=O)NC2CCN(S(C)(=O)=O)CC2)cc1. The summed E-state index contributed by atoms with van der Waals surface area (Å²) >= 11 is 0. The van der Waals surface area contributed by atoms with Crippen molar-refractivity contribution in [3.63, 3.8) is 0 Å². The van der Waals surface area contributed by atoms with Crippen LogP contribution in [0, 0.1) is 0 Å². The summed E-state index contributed by atoms with van der Waals surface area (Å²) in [4.78, 5) is 24.2. The molecule has 0 unspecified atom stereocenters. The molecule has 8 heteroatoms. The van der Waals surface area contributed by atoms with Gasteiger partial charge in [-0.3, -0.25) is 9.59 Å². The number of hydrogen-bond acceptors (Lipinski definition) is 5. The van der Waals surface area contributed by atoms with Gasteiger partial charge in [-0.05, 0) is 44.0 Å². The molecule has 1 aliphatic rings. The Morgan fingerprint density at radius 1 is 1.15 bits per heavy atom. The first kappa shape index (κ1) is 20.4. The fourth-order valence-electron chi connectivity index (χ4n) is 2.91. The number of benzene rings is 1. The lowest BCUT2D eigenvalue weighted by Gasteiger charge is -2.30. The monoisotopic (exact) mass is 382 g/mol. The Labute approximate surface area is 154 Å². The van der Waals surface area contributed by atoms with Crippen molar-refractivity contribution < 1.29 is 22.7 Å². The number of sulfonamides is 1. The fraction of sp³-hybridized carbons (Fsp3) is 0.556. The molecule has 0 saturated carbocycles. The van der Waals surface area contributed by atoms with Gasteiger partial charge in [-0.1, -0.05) is 0 Å². The van der Waals surface area contributed by atoms with Gasteiger partial charge < -0.3 is 10.1 Å². The van der Waals surface area contributed by atoms with Gasteiger partial charge in [-0.25, -0.2) is 12.7 Å². The molecule has 0 atom stereocenters. The molecule has 2 rings (SSSR count). The van der Waals surface area contributed by atoms with Crippen LogP contribution in [0.25, 0.3) is 0 Å². The molecule has 1 amide bonds. The van der Waals surface area contributed by atoms with Gasteiger partial charge in [0.2, 0.25) is 15.9 Å². The number of hydrogen-bond donors (Lipinski definition) is 1. The summed E-state index contributed by atoms with van der Waals surface area (Å²) in [6.45, 7) is 3.28. The number of ketones is 1. The maximum atomic E-state index is 12.2. The first-order chi connectivity index (χ1) is 12.3. The van der Waals surface area contributed by atoms with Crippen LogP contribution in [0.15, 0.2) is 24.3 Å². The number of carbonyl (C=O) groups is 2. The molecule has 0 bridgehead atoms. The molecule has 1 heterocycles. The van der Waals surface area contributed by atoms with E-state index in [2.05, 4.69) is 5.32 Å². The first-order valence-electron chi connectivity index (χ1n) is 8.80. The molecule has 0 aliphatic carbocycles. The second-order valence-electron chi connectivity index (χ2n) is 6.38. The largest absolute Gasteiger partial charge is 0.494 e. The zero-order chi connectivity index (χ0) is 19.2. The average Bonchev–Trinajstić information content (AvgIpc) is 2.60. The normalized spacial score (nSPS) is 16.2. The van der Waals surface area contributed by atoms with E-state index in [0.29, 0.717) is 43.9 Å². The second-order valence-corrected chi connectivity index (χ2v) is 8.37. The molecule has 0 radical (unpaired) electrons. The summed E-state index contributed by atoms with van der Waals surface area (Å²) in [5.74, 6) is 0.444. The number of carbonyl (C=O) groups excluding carboxylic acids is 2. The molecule has 7 nitrogen and oxygen atoms in total. The Morgan fingerprint density at radius 2 is 1.77 bits per heavy atom. The maximum Gasteiger partial charge on any atom is 0.220 e. The molecule has 1 saturated heterocycles. The van der Waals surface area contributed by atoms with Crippen LogP contribution in [0.5, 0.6) is 5.75 Å². The molecular weight excluding hydrogens is 356 g/mol. The van der Waals surface area contributed by atoms with E-state index in [9.17, 15) is 18.0 Å². The van der Waals surface area contributed by atoms with Crippen molar-refractivity contribution in [3.8, 4) is 5.75 Å². The minimum absolute atomic E-state index is 0.0407. The summed E-state index contributed by atoms with van der Waals surface area (Å²) in [6.07, 6.45) is 2.63. The van der Waals surface area contributed by atoms with Gasteiger partial charge in [0.25, 0.3) is 0 Å². The van der Waals surface area contributed by atoms with Crippen molar-refractivity contribution in [2.75, 3.05) is 26.0 Å². The standard InChI is InChI=1S/C18H26N2O5S/c1-3-25-16-6-4-14(5-7-16)17(21)8-9-18(22)19-15-10-12-20(13-11-15)26(2,23)24/h4-7,15H,3,8-13H2,1-2H3,(H,19,22). The van der Waals surface area contributed by atoms with E-state index >= 15 is 0 Å². The van der Waals surface area contributed by atoms with Gasteiger partial charge in [0.15, 0.2) is 5.78 Å². The Bertz CT molecular complexity index is 722. The predicted molar refractivity (Wildman–Crippen MR) is 98.8 cm³/mol. The Kier molecular flexibility index (Phi) is 7.16. The van der Waals surface area contributed by atoms with Crippen molar-refractivity contribution in [2.45, 2.75) is 38.6 Å². The number of amides is 1. The third kappa shape index (κ3) is 6.10. The average molecular weight is 382 g/mol. The Hall–Kier alpha value is -1.93. The number of Topliss-reactive ketones (excluding diaryl/α,β-unsaturated/α-hetero) is 1. The lowest BCUT2D eigenvalue weighted by atomic mass is 10.0. The predicted octanol–water partition coefficient (Wildman–Crippen LogP) is 1.59. The second kappa shape index (κ2) is 9.14. The number of piperidine rings is 1. The third-order valence-electron chi connectivity index (χ3n) is 4.35. The molecule has 0 spiro atoms. The van der Waals surface area contributed by atoms with Crippen LogP contribution in [-0.4, -0.2) is 56.4 Å². The van der Waals surface area contributed by atoms with Crippen LogP contribution in [0.3, 0.4) is 0 Å². The Balaban J connectivity index is 1.74. The molecule has 1 aliphatic heterocycles. The van der Waals surface area contributed by atoms with Crippen molar-refractivity contribution in [3.05, 3.63) is 29.8 Å². The van der Waals surface area contributed by atoms with Gasteiger partial charge in [-0.15, -0.1) is 0 Å². The Morgan fingerprint density at radius 3 is 2.31 bits per heavy atom. The molecule has 1 N–H and O–H groups in total.